The van der Waals surface area contributed by atoms with E-state index in [9.17, 15) is 4.79 Å². The number of rotatable bonds is 5. The minimum Gasteiger partial charge on any atom is -0.489 e. The minimum atomic E-state index is -0.370. The summed E-state index contributed by atoms with van der Waals surface area (Å²) in [4.78, 5) is 12.2. The largest absolute Gasteiger partial charge is 0.489 e. The van der Waals surface area contributed by atoms with E-state index in [1.807, 2.05) is 54.6 Å². The van der Waals surface area contributed by atoms with Gasteiger partial charge in [0.15, 0.2) is 0 Å². The van der Waals surface area contributed by atoms with Crippen molar-refractivity contribution in [2.75, 3.05) is 0 Å². The zero-order valence-corrected chi connectivity index (χ0v) is 18.7. The summed E-state index contributed by atoms with van der Waals surface area (Å²) in [6.45, 7) is 0.335. The first-order valence-electron chi connectivity index (χ1n) is 9.06. The SMILES string of the molecule is O=C1OC(c2ccc(Br)cc2)=C/C1=C\c1ccc(OCc2ccc(Cl)cc2Cl)cc1. The molecule has 1 aliphatic heterocycles. The van der Waals surface area contributed by atoms with E-state index in [0.717, 1.165) is 21.2 Å². The minimum absolute atomic E-state index is 0.335. The number of cyclic esters (lactones) is 1. The van der Waals surface area contributed by atoms with E-state index < -0.39 is 0 Å². The monoisotopic (exact) mass is 500 g/mol. The second-order valence-corrected chi connectivity index (χ2v) is 8.36. The topological polar surface area (TPSA) is 35.5 Å². The summed E-state index contributed by atoms with van der Waals surface area (Å²) in [6.07, 6.45) is 3.53. The Morgan fingerprint density at radius 1 is 0.967 bits per heavy atom. The van der Waals surface area contributed by atoms with Crippen LogP contribution in [0.3, 0.4) is 0 Å². The molecule has 3 nitrogen and oxygen atoms in total. The third-order valence-corrected chi connectivity index (χ3v) is 5.58. The van der Waals surface area contributed by atoms with Gasteiger partial charge in [-0.1, -0.05) is 69.5 Å². The molecule has 1 heterocycles. The van der Waals surface area contributed by atoms with Gasteiger partial charge >= 0.3 is 5.97 Å². The van der Waals surface area contributed by atoms with Crippen LogP contribution >= 0.6 is 39.1 Å². The third-order valence-electron chi connectivity index (χ3n) is 4.47. The summed E-state index contributed by atoms with van der Waals surface area (Å²) < 4.78 is 12.1. The number of ether oxygens (including phenoxy) is 2. The standard InChI is InChI=1S/C24H15BrCl2O3/c25-19-6-3-16(4-7-19)23-12-18(24(28)30-23)11-15-1-9-21(10-2-15)29-14-17-5-8-20(26)13-22(17)27/h1-13H,14H2/b18-11+. The number of halogens is 3. The summed E-state index contributed by atoms with van der Waals surface area (Å²) in [5.41, 5.74) is 3.06. The third kappa shape index (κ3) is 4.96. The van der Waals surface area contributed by atoms with Crippen LogP contribution in [0.25, 0.3) is 11.8 Å². The molecule has 0 unspecified atom stereocenters. The van der Waals surface area contributed by atoms with Crippen LogP contribution in [0.1, 0.15) is 16.7 Å². The molecule has 0 saturated heterocycles. The first-order chi connectivity index (χ1) is 14.5. The summed E-state index contributed by atoms with van der Waals surface area (Å²) >= 11 is 15.5. The van der Waals surface area contributed by atoms with Crippen LogP contribution in [0, 0.1) is 0 Å². The molecule has 1 aliphatic rings. The van der Waals surface area contributed by atoms with Crippen LogP contribution in [0.2, 0.25) is 10.0 Å². The maximum Gasteiger partial charge on any atom is 0.343 e. The number of hydrogen-bond donors (Lipinski definition) is 0. The van der Waals surface area contributed by atoms with Gasteiger partial charge in [-0.2, -0.15) is 0 Å². The normalized spacial score (nSPS) is 14.6. The van der Waals surface area contributed by atoms with E-state index in [1.165, 1.54) is 0 Å². The Kier molecular flexibility index (Phi) is 6.28. The van der Waals surface area contributed by atoms with Crippen LogP contribution < -0.4 is 4.74 Å². The molecule has 3 aromatic rings. The molecule has 3 aromatic carbocycles. The van der Waals surface area contributed by atoms with Crippen molar-refractivity contribution in [3.63, 3.8) is 0 Å². The van der Waals surface area contributed by atoms with Gasteiger partial charge in [0.05, 0.1) is 5.57 Å². The molecule has 0 saturated carbocycles. The molecule has 0 fully saturated rings. The highest BCUT2D eigenvalue weighted by atomic mass is 79.9. The summed E-state index contributed by atoms with van der Waals surface area (Å²) in [7, 11) is 0. The molecule has 0 atom stereocenters. The maximum absolute atomic E-state index is 12.2. The van der Waals surface area contributed by atoms with E-state index in [1.54, 1.807) is 24.3 Å². The average molecular weight is 502 g/mol. The zero-order chi connectivity index (χ0) is 21.1. The van der Waals surface area contributed by atoms with E-state index >= 15 is 0 Å². The molecule has 0 radical (unpaired) electrons. The van der Waals surface area contributed by atoms with Crippen molar-refractivity contribution in [3.8, 4) is 5.75 Å². The number of carbonyl (C=O) groups is 1. The molecular weight excluding hydrogens is 487 g/mol. The first-order valence-corrected chi connectivity index (χ1v) is 10.6. The Labute approximate surface area is 192 Å². The maximum atomic E-state index is 12.2. The molecule has 6 heteroatoms. The fraction of sp³-hybridized carbons (Fsp3) is 0.0417. The molecular formula is C24H15BrCl2O3. The van der Waals surface area contributed by atoms with E-state index in [0.29, 0.717) is 33.7 Å². The lowest BCUT2D eigenvalue weighted by molar-refractivity contribution is -0.130. The van der Waals surface area contributed by atoms with Gasteiger partial charge in [0, 0.05) is 25.6 Å². The lowest BCUT2D eigenvalue weighted by Gasteiger charge is -2.08. The molecule has 0 aromatic heterocycles. The molecule has 0 N–H and O–H groups in total. The van der Waals surface area contributed by atoms with Crippen molar-refractivity contribution in [3.05, 3.63) is 110 Å². The quantitative estimate of drug-likeness (QED) is 0.271. The average Bonchev–Trinajstić information content (AvgIpc) is 3.09. The number of hydrogen-bond acceptors (Lipinski definition) is 3. The Hall–Kier alpha value is -2.53. The van der Waals surface area contributed by atoms with Gasteiger partial charge in [-0.05, 0) is 54.1 Å². The van der Waals surface area contributed by atoms with Gasteiger partial charge < -0.3 is 9.47 Å². The van der Waals surface area contributed by atoms with Crippen molar-refractivity contribution in [1.29, 1.82) is 0 Å². The first kappa shape index (κ1) is 20.7. The van der Waals surface area contributed by atoms with Crippen molar-refractivity contribution < 1.29 is 14.3 Å². The lowest BCUT2D eigenvalue weighted by atomic mass is 10.1. The second kappa shape index (κ2) is 9.09. The van der Waals surface area contributed by atoms with Crippen molar-refractivity contribution in [1.82, 2.24) is 0 Å². The van der Waals surface area contributed by atoms with Gasteiger partial charge in [-0.3, -0.25) is 0 Å². The lowest BCUT2D eigenvalue weighted by Crippen LogP contribution is -1.97. The van der Waals surface area contributed by atoms with Crippen molar-refractivity contribution >= 4 is 56.9 Å². The Balaban J connectivity index is 1.45. The Bertz CT molecular complexity index is 1150. The van der Waals surface area contributed by atoms with Crippen LogP contribution in [-0.2, 0) is 16.1 Å². The summed E-state index contributed by atoms with van der Waals surface area (Å²) in [5, 5.41) is 1.15. The molecule has 30 heavy (non-hydrogen) atoms. The smallest absolute Gasteiger partial charge is 0.343 e. The molecule has 0 spiro atoms. The molecule has 0 amide bonds. The molecule has 150 valence electrons. The fourth-order valence-corrected chi connectivity index (χ4v) is 3.61. The van der Waals surface area contributed by atoms with Crippen molar-refractivity contribution in [2.24, 2.45) is 0 Å². The number of benzene rings is 3. The summed E-state index contributed by atoms with van der Waals surface area (Å²) in [5.74, 6) is 0.868. The van der Waals surface area contributed by atoms with E-state index in [4.69, 9.17) is 32.7 Å². The Morgan fingerprint density at radius 2 is 1.70 bits per heavy atom. The number of carbonyl (C=O) groups excluding carboxylic acids is 1. The van der Waals surface area contributed by atoms with Gasteiger partial charge in [0.2, 0.25) is 0 Å². The molecule has 0 bridgehead atoms. The van der Waals surface area contributed by atoms with Gasteiger partial charge in [0.25, 0.3) is 0 Å². The number of esters is 1. The highest BCUT2D eigenvalue weighted by Gasteiger charge is 2.21. The van der Waals surface area contributed by atoms with Crippen molar-refractivity contribution in [2.45, 2.75) is 6.61 Å². The zero-order valence-electron chi connectivity index (χ0n) is 15.6. The van der Waals surface area contributed by atoms with E-state index in [2.05, 4.69) is 15.9 Å². The predicted octanol–water partition coefficient (Wildman–Crippen LogP) is 7.32. The highest BCUT2D eigenvalue weighted by molar-refractivity contribution is 9.10. The van der Waals surface area contributed by atoms with Gasteiger partial charge in [-0.25, -0.2) is 4.79 Å². The van der Waals surface area contributed by atoms with Crippen LogP contribution in [0.15, 0.2) is 82.9 Å². The van der Waals surface area contributed by atoms with Gasteiger partial charge in [0.1, 0.15) is 18.1 Å². The fourth-order valence-electron chi connectivity index (χ4n) is 2.89. The Morgan fingerprint density at radius 3 is 2.40 bits per heavy atom. The van der Waals surface area contributed by atoms with Crippen LogP contribution in [-0.4, -0.2) is 5.97 Å². The van der Waals surface area contributed by atoms with E-state index in [-0.39, 0.29) is 5.97 Å². The predicted molar refractivity (Wildman–Crippen MR) is 123 cm³/mol. The molecule has 4 rings (SSSR count). The van der Waals surface area contributed by atoms with Gasteiger partial charge in [-0.15, -0.1) is 0 Å². The highest BCUT2D eigenvalue weighted by Crippen LogP contribution is 2.29. The molecule has 0 aliphatic carbocycles. The van der Waals surface area contributed by atoms with Crippen LogP contribution in [0.4, 0.5) is 0 Å². The summed E-state index contributed by atoms with van der Waals surface area (Å²) in [6, 6.07) is 20.3. The second-order valence-electron chi connectivity index (χ2n) is 6.60. The van der Waals surface area contributed by atoms with Crippen LogP contribution in [0.5, 0.6) is 5.75 Å².